The van der Waals surface area contributed by atoms with Crippen LogP contribution in [0.15, 0.2) is 128 Å². The molecule has 0 spiro atoms. The van der Waals surface area contributed by atoms with Crippen LogP contribution in [0.5, 0.6) is 0 Å². The molecule has 3 aromatic rings. The molecular formula is C63H72N6O12. The molecular weight excluding hydrogens is 1030 g/mol. The Balaban J connectivity index is 1.47. The van der Waals surface area contributed by atoms with Gasteiger partial charge in [-0.1, -0.05) is 56.1 Å². The van der Waals surface area contributed by atoms with Crippen molar-refractivity contribution < 1.29 is 57.2 Å². The molecule has 81 heavy (non-hydrogen) atoms. The van der Waals surface area contributed by atoms with Crippen molar-refractivity contribution in [3.8, 4) is 12.1 Å². The first-order valence-corrected chi connectivity index (χ1v) is 27.0. The molecule has 18 heteroatoms. The van der Waals surface area contributed by atoms with Crippen LogP contribution in [0.3, 0.4) is 0 Å². The van der Waals surface area contributed by atoms with Crippen molar-refractivity contribution in [1.82, 2.24) is 0 Å². The highest BCUT2D eigenvalue weighted by Gasteiger charge is 2.30. The fourth-order valence-corrected chi connectivity index (χ4v) is 9.32. The first-order valence-electron chi connectivity index (χ1n) is 27.0. The van der Waals surface area contributed by atoms with Gasteiger partial charge in [0.25, 0.3) is 5.70 Å². The third-order valence-corrected chi connectivity index (χ3v) is 13.5. The molecule has 0 saturated heterocycles. The highest BCUT2D eigenvalue weighted by Crippen LogP contribution is 2.39. The lowest BCUT2D eigenvalue weighted by atomic mass is 9.71. The summed E-state index contributed by atoms with van der Waals surface area (Å²) in [6.45, 7) is 27.7. The summed E-state index contributed by atoms with van der Waals surface area (Å²) in [5, 5.41) is 19.4. The minimum Gasteiger partial charge on any atom is -0.467 e. The fraction of sp³-hybridized carbons (Fsp3) is 0.381. The maximum atomic E-state index is 12.6. The second-order valence-corrected chi connectivity index (χ2v) is 18.7. The zero-order chi connectivity index (χ0) is 58.9. The number of rotatable bonds is 33. The average Bonchev–Trinajstić information content (AvgIpc) is 3.52. The normalized spacial score (nSPS) is 15.0. The molecule has 3 aromatic carbocycles. The standard InChI is InChI=1S/C63H72N6O12/c1-8-58(70)76-32-35-79-61(73)52(44-64)41-46-14-20-54(21-15-46)67(11-4)29-26-49-38-50(27-30-68(12-5)55-22-16-47(17-23-55)42-53(45-65)62(74)80-36-33-77-59(71)9-2)40-51(39-49)28-31-69(13-6)56-24-18-48(19-25-56)43-57(66-7)63(75)81-37-34-78-60(72)10-3/h8-10,14-25,41-43,49-51H,1-3,11-13,26-40H2,4-6H3/b52-41+,53-42+,57-43-. The van der Waals surface area contributed by atoms with Crippen LogP contribution in [-0.4, -0.2) is 115 Å². The lowest BCUT2D eigenvalue weighted by Crippen LogP contribution is -2.33. The van der Waals surface area contributed by atoms with E-state index in [2.05, 4.69) is 60.1 Å². The smallest absolute Gasteiger partial charge is 0.349 e. The number of esters is 6. The quantitative estimate of drug-likeness (QED) is 0.0138. The molecule has 1 aliphatic rings. The Morgan fingerprint density at radius 3 is 1.05 bits per heavy atom. The molecule has 0 amide bonds. The van der Waals surface area contributed by atoms with Gasteiger partial charge in [-0.2, -0.15) is 10.5 Å². The van der Waals surface area contributed by atoms with Gasteiger partial charge in [0.1, 0.15) is 62.9 Å². The van der Waals surface area contributed by atoms with Crippen LogP contribution in [0.2, 0.25) is 0 Å². The second-order valence-electron chi connectivity index (χ2n) is 18.7. The number of ether oxygens (including phenoxy) is 6. The predicted molar refractivity (Wildman–Crippen MR) is 309 cm³/mol. The van der Waals surface area contributed by atoms with Gasteiger partial charge in [0.15, 0.2) is 0 Å². The van der Waals surface area contributed by atoms with Crippen molar-refractivity contribution in [3.63, 3.8) is 0 Å². The molecule has 2 atom stereocenters. The van der Waals surface area contributed by atoms with E-state index in [9.17, 15) is 39.3 Å². The summed E-state index contributed by atoms with van der Waals surface area (Å²) >= 11 is 0. The molecule has 426 valence electrons. The SMILES string of the molecule is [C-]#[N+]/C(=C\c1ccc(N(CC)CCC2CC(CCN(CC)c3ccc(/C=C(\C#N)C(=O)OCCOC(=O)C=C)cc3)CC(CCN(CC)c3ccc(/C=C(\C#N)C(=O)OCCOC(=O)C=C)cc3)C2)cc1)C(=O)OCCOC(=O)C=C. The Morgan fingerprint density at radius 2 is 0.778 bits per heavy atom. The van der Waals surface area contributed by atoms with E-state index in [4.69, 9.17) is 35.0 Å². The molecule has 18 nitrogen and oxygen atoms in total. The summed E-state index contributed by atoms with van der Waals surface area (Å²) in [4.78, 5) is 82.0. The van der Waals surface area contributed by atoms with E-state index in [1.807, 2.05) is 84.9 Å². The number of hydrogen-bond acceptors (Lipinski definition) is 17. The number of anilines is 3. The molecule has 0 radical (unpaired) electrons. The van der Waals surface area contributed by atoms with Gasteiger partial charge in [-0.3, -0.25) is 4.79 Å². The van der Waals surface area contributed by atoms with E-state index in [1.165, 1.54) is 18.2 Å². The Bertz CT molecular complexity index is 2540. The zero-order valence-corrected chi connectivity index (χ0v) is 46.6. The number of benzene rings is 3. The predicted octanol–water partition coefficient (Wildman–Crippen LogP) is 9.66. The summed E-state index contributed by atoms with van der Waals surface area (Å²) in [6, 6.07) is 26.9. The number of carbonyl (C=O) groups excluding carboxylic acids is 6. The summed E-state index contributed by atoms with van der Waals surface area (Å²) in [5.74, 6) is -2.97. The lowest BCUT2D eigenvalue weighted by molar-refractivity contribution is -0.146. The van der Waals surface area contributed by atoms with Crippen molar-refractivity contribution in [1.29, 1.82) is 10.5 Å². The highest BCUT2D eigenvalue weighted by atomic mass is 16.6. The van der Waals surface area contributed by atoms with Gasteiger partial charge in [0.05, 0.1) is 6.57 Å². The first-order chi connectivity index (χ1) is 39.2. The Kier molecular flexibility index (Phi) is 28.1. The molecule has 1 fully saturated rings. The monoisotopic (exact) mass is 1100 g/mol. The maximum Gasteiger partial charge on any atom is 0.349 e. The van der Waals surface area contributed by atoms with E-state index in [-0.39, 0.29) is 56.5 Å². The Morgan fingerprint density at radius 1 is 0.494 bits per heavy atom. The Labute approximate surface area is 475 Å². The summed E-state index contributed by atoms with van der Waals surface area (Å²) in [7, 11) is 0. The molecule has 0 N–H and O–H groups in total. The molecule has 0 aromatic heterocycles. The second kappa shape index (κ2) is 35.3. The van der Waals surface area contributed by atoms with Crippen LogP contribution in [0.4, 0.5) is 17.1 Å². The summed E-state index contributed by atoms with van der Waals surface area (Å²) in [6.07, 6.45) is 13.6. The summed E-state index contributed by atoms with van der Waals surface area (Å²) < 4.78 is 29.9. The van der Waals surface area contributed by atoms with E-state index >= 15 is 0 Å². The topological polar surface area (TPSA) is 219 Å². The Hall–Kier alpha value is -9.21. The van der Waals surface area contributed by atoms with Crippen LogP contribution in [0.25, 0.3) is 23.1 Å². The third-order valence-electron chi connectivity index (χ3n) is 13.5. The van der Waals surface area contributed by atoms with Crippen molar-refractivity contribution in [2.24, 2.45) is 17.8 Å². The zero-order valence-electron chi connectivity index (χ0n) is 46.6. The largest absolute Gasteiger partial charge is 0.467 e. The van der Waals surface area contributed by atoms with E-state index < -0.39 is 35.8 Å². The van der Waals surface area contributed by atoms with Gasteiger partial charge in [0.2, 0.25) is 0 Å². The molecule has 2 unspecified atom stereocenters. The first kappa shape index (κ1) is 64.3. The fourth-order valence-electron chi connectivity index (χ4n) is 9.32. The molecule has 0 heterocycles. The lowest BCUT2D eigenvalue weighted by Gasteiger charge is -2.38. The van der Waals surface area contributed by atoms with Crippen LogP contribution in [0, 0.1) is 47.0 Å². The van der Waals surface area contributed by atoms with E-state index in [1.54, 1.807) is 0 Å². The average molecular weight is 1110 g/mol. The molecule has 1 saturated carbocycles. The molecule has 1 aliphatic carbocycles. The van der Waals surface area contributed by atoms with Crippen LogP contribution < -0.4 is 14.7 Å². The van der Waals surface area contributed by atoms with Crippen LogP contribution in [0.1, 0.15) is 76.0 Å². The number of carbonyl (C=O) groups is 6. The minimum atomic E-state index is -0.817. The number of nitrogens with zero attached hydrogens (tertiary/aromatic N) is 6. The van der Waals surface area contributed by atoms with Gasteiger partial charge in [-0.15, -0.1) is 0 Å². The minimum absolute atomic E-state index is 0.151. The van der Waals surface area contributed by atoms with Gasteiger partial charge < -0.3 is 43.1 Å². The van der Waals surface area contributed by atoms with Crippen molar-refractivity contribution in [2.45, 2.75) is 59.3 Å². The van der Waals surface area contributed by atoms with E-state index in [0.29, 0.717) is 34.4 Å². The highest BCUT2D eigenvalue weighted by molar-refractivity contribution is 5.99. The van der Waals surface area contributed by atoms with Crippen LogP contribution >= 0.6 is 0 Å². The number of nitriles is 2. The van der Waals surface area contributed by atoms with Gasteiger partial charge >= 0.3 is 35.8 Å². The molecule has 4 rings (SSSR count). The molecule has 0 bridgehead atoms. The van der Waals surface area contributed by atoms with Crippen molar-refractivity contribution in [2.75, 3.05) is 93.6 Å². The van der Waals surface area contributed by atoms with Crippen molar-refractivity contribution in [3.05, 3.63) is 156 Å². The number of hydrogen-bond donors (Lipinski definition) is 0. The van der Waals surface area contributed by atoms with Gasteiger partial charge in [-0.05, 0) is 148 Å². The molecule has 0 aliphatic heterocycles. The van der Waals surface area contributed by atoms with Crippen molar-refractivity contribution >= 4 is 71.1 Å². The van der Waals surface area contributed by atoms with Crippen LogP contribution in [-0.2, 0) is 57.2 Å². The maximum absolute atomic E-state index is 12.6. The van der Waals surface area contributed by atoms with E-state index in [0.717, 1.165) is 113 Å². The third kappa shape index (κ3) is 22.2. The summed E-state index contributed by atoms with van der Waals surface area (Å²) in [5.41, 5.74) is 4.49. The van der Waals surface area contributed by atoms with Gasteiger partial charge in [0, 0.05) is 74.6 Å². The van der Waals surface area contributed by atoms with Gasteiger partial charge in [-0.25, -0.2) is 28.8 Å².